The van der Waals surface area contributed by atoms with E-state index in [0.29, 0.717) is 22.1 Å². The Morgan fingerprint density at radius 2 is 2.10 bits per heavy atom. The van der Waals surface area contributed by atoms with Gasteiger partial charge in [0.1, 0.15) is 5.75 Å². The highest BCUT2D eigenvalue weighted by atomic mass is 79.9. The van der Waals surface area contributed by atoms with Crippen molar-refractivity contribution in [3.05, 3.63) is 51.5 Å². The number of rotatable bonds is 4. The number of ether oxygens (including phenoxy) is 1. The number of nitrogen functional groups attached to an aromatic ring is 1. The third-order valence-corrected chi connectivity index (χ3v) is 3.69. The molecule has 0 unspecified atom stereocenters. The molecule has 0 aromatic heterocycles. The first-order valence-electron chi connectivity index (χ1n) is 6.19. The molecule has 0 heterocycles. The second-order valence-corrected chi connectivity index (χ2v) is 5.77. The molecule has 1 amide bonds. The van der Waals surface area contributed by atoms with Crippen molar-refractivity contribution in [1.29, 1.82) is 0 Å². The highest BCUT2D eigenvalue weighted by molar-refractivity contribution is 9.10. The maximum absolute atomic E-state index is 11.8. The quantitative estimate of drug-likeness (QED) is 0.800. The van der Waals surface area contributed by atoms with Crippen LogP contribution in [0.2, 0.25) is 5.02 Å². The fraction of sp³-hybridized carbons (Fsp3) is 0.133. The zero-order valence-electron chi connectivity index (χ0n) is 11.3. The van der Waals surface area contributed by atoms with Gasteiger partial charge in [-0.3, -0.25) is 4.79 Å². The lowest BCUT2D eigenvalue weighted by Crippen LogP contribution is -2.20. The summed E-state index contributed by atoms with van der Waals surface area (Å²) < 4.78 is 6.27. The minimum Gasteiger partial charge on any atom is -0.483 e. The van der Waals surface area contributed by atoms with E-state index >= 15 is 0 Å². The van der Waals surface area contributed by atoms with Gasteiger partial charge in [0.15, 0.2) is 6.61 Å². The lowest BCUT2D eigenvalue weighted by molar-refractivity contribution is -0.118. The van der Waals surface area contributed by atoms with Crippen LogP contribution in [0.4, 0.5) is 11.4 Å². The van der Waals surface area contributed by atoms with Crippen molar-refractivity contribution in [2.75, 3.05) is 17.7 Å². The largest absolute Gasteiger partial charge is 0.483 e. The lowest BCUT2D eigenvalue weighted by atomic mass is 10.2. The fourth-order valence-electron chi connectivity index (χ4n) is 1.68. The fourth-order valence-corrected chi connectivity index (χ4v) is 2.41. The van der Waals surface area contributed by atoms with E-state index in [0.717, 1.165) is 10.0 Å². The Kier molecular flexibility index (Phi) is 5.09. The summed E-state index contributed by atoms with van der Waals surface area (Å²) in [4.78, 5) is 11.8. The summed E-state index contributed by atoms with van der Waals surface area (Å²) in [6.45, 7) is 1.89. The van der Waals surface area contributed by atoms with Crippen LogP contribution in [0.25, 0.3) is 0 Å². The maximum atomic E-state index is 11.8. The molecule has 2 rings (SSSR count). The zero-order valence-corrected chi connectivity index (χ0v) is 13.7. The van der Waals surface area contributed by atoms with Gasteiger partial charge in [0.25, 0.3) is 5.91 Å². The molecule has 0 radical (unpaired) electrons. The number of nitrogens with two attached hydrogens (primary N) is 1. The minimum absolute atomic E-state index is 0.0931. The summed E-state index contributed by atoms with van der Waals surface area (Å²) in [5.41, 5.74) is 7.77. The van der Waals surface area contributed by atoms with Crippen molar-refractivity contribution in [2.45, 2.75) is 6.92 Å². The molecule has 0 saturated heterocycles. The van der Waals surface area contributed by atoms with E-state index < -0.39 is 0 Å². The van der Waals surface area contributed by atoms with Gasteiger partial charge >= 0.3 is 0 Å². The number of anilines is 2. The van der Waals surface area contributed by atoms with Crippen LogP contribution in [0, 0.1) is 6.92 Å². The van der Waals surface area contributed by atoms with Crippen molar-refractivity contribution in [2.24, 2.45) is 0 Å². The molecule has 3 N–H and O–H groups in total. The van der Waals surface area contributed by atoms with Crippen LogP contribution < -0.4 is 15.8 Å². The lowest BCUT2D eigenvalue weighted by Gasteiger charge is -2.10. The van der Waals surface area contributed by atoms with Crippen LogP contribution >= 0.6 is 27.5 Å². The third kappa shape index (κ3) is 4.37. The smallest absolute Gasteiger partial charge is 0.262 e. The molecule has 0 aliphatic rings. The van der Waals surface area contributed by atoms with Gasteiger partial charge in [0.2, 0.25) is 0 Å². The summed E-state index contributed by atoms with van der Waals surface area (Å²) in [7, 11) is 0. The second-order valence-electron chi connectivity index (χ2n) is 4.51. The van der Waals surface area contributed by atoms with E-state index in [2.05, 4.69) is 21.2 Å². The van der Waals surface area contributed by atoms with Gasteiger partial charge in [0.05, 0.1) is 15.2 Å². The molecule has 0 atom stereocenters. The number of amides is 1. The van der Waals surface area contributed by atoms with Gasteiger partial charge in [-0.1, -0.05) is 17.7 Å². The van der Waals surface area contributed by atoms with Crippen LogP contribution in [0.1, 0.15) is 5.56 Å². The van der Waals surface area contributed by atoms with Crippen LogP contribution in [0.5, 0.6) is 5.75 Å². The van der Waals surface area contributed by atoms with Gasteiger partial charge < -0.3 is 15.8 Å². The number of benzene rings is 2. The summed E-state index contributed by atoms with van der Waals surface area (Å²) >= 11 is 9.21. The Hall–Kier alpha value is -1.72. The summed E-state index contributed by atoms with van der Waals surface area (Å²) in [5, 5.41) is 3.14. The van der Waals surface area contributed by atoms with Crippen LogP contribution in [-0.4, -0.2) is 12.5 Å². The predicted molar refractivity (Wildman–Crippen MR) is 88.9 cm³/mol. The van der Waals surface area contributed by atoms with Crippen molar-refractivity contribution < 1.29 is 9.53 Å². The highest BCUT2D eigenvalue weighted by Crippen LogP contribution is 2.26. The first kappa shape index (κ1) is 15.7. The Labute approximate surface area is 136 Å². The number of aryl methyl sites for hydroxylation is 1. The summed E-state index contributed by atoms with van der Waals surface area (Å²) in [5.74, 6) is 0.343. The Morgan fingerprint density at radius 1 is 1.33 bits per heavy atom. The molecule has 4 nitrogen and oxygen atoms in total. The van der Waals surface area contributed by atoms with Crippen LogP contribution in [-0.2, 0) is 4.79 Å². The van der Waals surface area contributed by atoms with Crippen molar-refractivity contribution in [1.82, 2.24) is 0 Å². The number of halogens is 2. The normalized spacial score (nSPS) is 10.2. The molecule has 2 aromatic rings. The molecule has 21 heavy (non-hydrogen) atoms. The summed E-state index contributed by atoms with van der Waals surface area (Å²) in [6, 6.07) is 10.6. The SMILES string of the molecule is Cc1ccc(OCC(=O)Nc2ccc(Cl)c(N)c2)c(Br)c1. The van der Waals surface area contributed by atoms with Crippen molar-refractivity contribution in [3.63, 3.8) is 0 Å². The van der Waals surface area contributed by atoms with E-state index in [1.165, 1.54) is 0 Å². The van der Waals surface area contributed by atoms with Crippen LogP contribution in [0.3, 0.4) is 0 Å². The van der Waals surface area contributed by atoms with E-state index in [1.807, 2.05) is 25.1 Å². The monoisotopic (exact) mass is 368 g/mol. The topological polar surface area (TPSA) is 64.3 Å². The molecule has 0 bridgehead atoms. The number of hydrogen-bond acceptors (Lipinski definition) is 3. The molecule has 0 aliphatic heterocycles. The molecule has 110 valence electrons. The van der Waals surface area contributed by atoms with Crippen molar-refractivity contribution >= 4 is 44.8 Å². The first-order valence-corrected chi connectivity index (χ1v) is 7.36. The van der Waals surface area contributed by atoms with Gasteiger partial charge in [-0.15, -0.1) is 0 Å². The second kappa shape index (κ2) is 6.83. The maximum Gasteiger partial charge on any atom is 0.262 e. The first-order chi connectivity index (χ1) is 9.95. The molecule has 6 heteroatoms. The van der Waals surface area contributed by atoms with E-state index in [-0.39, 0.29) is 12.5 Å². The van der Waals surface area contributed by atoms with Gasteiger partial charge in [0, 0.05) is 5.69 Å². The Bertz CT molecular complexity index is 677. The standard InChI is InChI=1S/C15H14BrClN2O2/c1-9-2-5-14(11(16)6-9)21-8-15(20)19-10-3-4-12(17)13(18)7-10/h2-7H,8,18H2,1H3,(H,19,20). The molecular formula is C15H14BrClN2O2. The van der Waals surface area contributed by atoms with Crippen LogP contribution in [0.15, 0.2) is 40.9 Å². The molecule has 0 fully saturated rings. The molecule has 0 saturated carbocycles. The molecule has 0 aliphatic carbocycles. The van der Waals surface area contributed by atoms with Gasteiger partial charge in [-0.05, 0) is 58.7 Å². The zero-order chi connectivity index (χ0) is 15.4. The Balaban J connectivity index is 1.94. The highest BCUT2D eigenvalue weighted by Gasteiger charge is 2.07. The molecule has 2 aromatic carbocycles. The number of nitrogens with one attached hydrogen (secondary N) is 1. The van der Waals surface area contributed by atoms with E-state index in [9.17, 15) is 4.79 Å². The number of hydrogen-bond donors (Lipinski definition) is 2. The third-order valence-electron chi connectivity index (χ3n) is 2.73. The van der Waals surface area contributed by atoms with Gasteiger partial charge in [-0.25, -0.2) is 0 Å². The summed E-state index contributed by atoms with van der Waals surface area (Å²) in [6.07, 6.45) is 0. The minimum atomic E-state index is -0.274. The van der Waals surface area contributed by atoms with E-state index in [1.54, 1.807) is 18.2 Å². The average molecular weight is 370 g/mol. The Morgan fingerprint density at radius 3 is 2.76 bits per heavy atom. The average Bonchev–Trinajstić information content (AvgIpc) is 2.42. The molecular weight excluding hydrogens is 356 g/mol. The number of carbonyl (C=O) groups is 1. The predicted octanol–water partition coefficient (Wildman–Crippen LogP) is 4.01. The molecule has 0 spiro atoms. The van der Waals surface area contributed by atoms with E-state index in [4.69, 9.17) is 22.1 Å². The van der Waals surface area contributed by atoms with Crippen molar-refractivity contribution in [3.8, 4) is 5.75 Å². The van der Waals surface area contributed by atoms with Gasteiger partial charge in [-0.2, -0.15) is 0 Å². The number of carbonyl (C=O) groups excluding carboxylic acids is 1.